The van der Waals surface area contributed by atoms with Crippen LogP contribution >= 0.6 is 0 Å². The van der Waals surface area contributed by atoms with Crippen molar-refractivity contribution in [3.05, 3.63) is 29.3 Å². The average Bonchev–Trinajstić information content (AvgIpc) is 2.39. The second-order valence-corrected chi connectivity index (χ2v) is 4.88. The zero-order valence-corrected chi connectivity index (χ0v) is 11.3. The normalized spacial score (nSPS) is 16.0. The third-order valence-electron chi connectivity index (χ3n) is 3.48. The third kappa shape index (κ3) is 2.91. The summed E-state index contributed by atoms with van der Waals surface area (Å²) in [6.45, 7) is 5.43. The maximum atomic E-state index is 11.3. The molecule has 1 aromatic rings. The minimum Gasteiger partial charge on any atom is -0.326 e. The van der Waals surface area contributed by atoms with Gasteiger partial charge in [0, 0.05) is 18.2 Å². The molecule has 0 saturated heterocycles. The standard InChI is InChI=1S/C15H22N2O/c1-3-9-16-13(4-2)11-5-7-14-12(10-11)6-8-15(18)17-14/h5,7,10,13,16H,3-4,6,8-9H2,1-2H3,(H,17,18). The molecule has 0 aliphatic carbocycles. The Kier molecular flexibility index (Phi) is 4.37. The van der Waals surface area contributed by atoms with Crippen LogP contribution < -0.4 is 10.6 Å². The van der Waals surface area contributed by atoms with Crippen molar-refractivity contribution in [2.75, 3.05) is 11.9 Å². The lowest BCUT2D eigenvalue weighted by Crippen LogP contribution is -2.23. The molecule has 18 heavy (non-hydrogen) atoms. The quantitative estimate of drug-likeness (QED) is 0.838. The first kappa shape index (κ1) is 13.1. The highest BCUT2D eigenvalue weighted by Gasteiger charge is 2.16. The minimum absolute atomic E-state index is 0.131. The Labute approximate surface area is 109 Å². The molecular weight excluding hydrogens is 224 g/mol. The molecule has 1 aliphatic heterocycles. The molecule has 0 saturated carbocycles. The molecule has 3 nitrogen and oxygen atoms in total. The van der Waals surface area contributed by atoms with Gasteiger partial charge in [0.15, 0.2) is 0 Å². The maximum Gasteiger partial charge on any atom is 0.224 e. The number of benzene rings is 1. The topological polar surface area (TPSA) is 41.1 Å². The fourth-order valence-corrected chi connectivity index (χ4v) is 2.44. The van der Waals surface area contributed by atoms with E-state index in [-0.39, 0.29) is 5.91 Å². The minimum atomic E-state index is 0.131. The molecule has 1 aromatic carbocycles. The first-order valence-electron chi connectivity index (χ1n) is 6.90. The van der Waals surface area contributed by atoms with Gasteiger partial charge < -0.3 is 10.6 Å². The molecule has 0 bridgehead atoms. The van der Waals surface area contributed by atoms with Gasteiger partial charge in [0.25, 0.3) is 0 Å². The van der Waals surface area contributed by atoms with Crippen molar-refractivity contribution in [1.82, 2.24) is 5.32 Å². The Bertz CT molecular complexity index is 429. The van der Waals surface area contributed by atoms with Gasteiger partial charge in [0.1, 0.15) is 0 Å². The summed E-state index contributed by atoms with van der Waals surface area (Å²) in [7, 11) is 0. The van der Waals surface area contributed by atoms with Gasteiger partial charge in [0.2, 0.25) is 5.91 Å². The predicted molar refractivity (Wildman–Crippen MR) is 74.7 cm³/mol. The van der Waals surface area contributed by atoms with Gasteiger partial charge in [-0.15, -0.1) is 0 Å². The number of hydrogen-bond acceptors (Lipinski definition) is 2. The fourth-order valence-electron chi connectivity index (χ4n) is 2.44. The highest BCUT2D eigenvalue weighted by molar-refractivity contribution is 5.93. The Morgan fingerprint density at radius 3 is 2.89 bits per heavy atom. The van der Waals surface area contributed by atoms with Crippen molar-refractivity contribution in [2.45, 2.75) is 45.6 Å². The summed E-state index contributed by atoms with van der Waals surface area (Å²) in [5.41, 5.74) is 3.59. The van der Waals surface area contributed by atoms with Gasteiger partial charge in [-0.2, -0.15) is 0 Å². The molecule has 3 heteroatoms. The van der Waals surface area contributed by atoms with Crippen molar-refractivity contribution < 1.29 is 4.79 Å². The van der Waals surface area contributed by atoms with E-state index in [4.69, 9.17) is 0 Å². The van der Waals surface area contributed by atoms with Gasteiger partial charge in [-0.1, -0.05) is 26.0 Å². The van der Waals surface area contributed by atoms with Crippen molar-refractivity contribution in [3.8, 4) is 0 Å². The summed E-state index contributed by atoms with van der Waals surface area (Å²) in [6.07, 6.45) is 3.71. The van der Waals surface area contributed by atoms with Gasteiger partial charge in [-0.3, -0.25) is 4.79 Å². The van der Waals surface area contributed by atoms with Crippen LogP contribution in [0, 0.1) is 0 Å². The van der Waals surface area contributed by atoms with Crippen molar-refractivity contribution in [1.29, 1.82) is 0 Å². The van der Waals surface area contributed by atoms with Crippen LogP contribution in [-0.4, -0.2) is 12.5 Å². The van der Waals surface area contributed by atoms with E-state index in [2.05, 4.69) is 36.6 Å². The number of hydrogen-bond donors (Lipinski definition) is 2. The number of amides is 1. The molecular formula is C15H22N2O. The summed E-state index contributed by atoms with van der Waals surface area (Å²) in [5.74, 6) is 0.131. The molecule has 0 aromatic heterocycles. The molecule has 1 amide bonds. The number of nitrogens with one attached hydrogen (secondary N) is 2. The Morgan fingerprint density at radius 2 is 2.17 bits per heavy atom. The van der Waals surface area contributed by atoms with Crippen LogP contribution in [0.3, 0.4) is 0 Å². The molecule has 1 atom stereocenters. The lowest BCUT2D eigenvalue weighted by molar-refractivity contribution is -0.116. The van der Waals surface area contributed by atoms with E-state index in [9.17, 15) is 4.79 Å². The lowest BCUT2D eigenvalue weighted by atomic mass is 9.96. The summed E-state index contributed by atoms with van der Waals surface area (Å²) in [5, 5.41) is 6.49. The molecule has 0 spiro atoms. The van der Waals surface area contributed by atoms with Crippen molar-refractivity contribution >= 4 is 11.6 Å². The Balaban J connectivity index is 2.16. The van der Waals surface area contributed by atoms with Crippen LogP contribution in [0.25, 0.3) is 0 Å². The summed E-state index contributed by atoms with van der Waals surface area (Å²) >= 11 is 0. The fraction of sp³-hybridized carbons (Fsp3) is 0.533. The van der Waals surface area contributed by atoms with Crippen LogP contribution in [0.2, 0.25) is 0 Å². The number of rotatable bonds is 5. The van der Waals surface area contributed by atoms with Crippen LogP contribution in [-0.2, 0) is 11.2 Å². The number of aryl methyl sites for hydroxylation is 1. The number of carbonyl (C=O) groups is 1. The van der Waals surface area contributed by atoms with E-state index in [1.807, 2.05) is 6.07 Å². The SMILES string of the molecule is CCCNC(CC)c1ccc2c(c1)CCC(=O)N2. The summed E-state index contributed by atoms with van der Waals surface area (Å²) in [4.78, 5) is 11.3. The second kappa shape index (κ2) is 6.01. The molecule has 1 heterocycles. The first-order chi connectivity index (χ1) is 8.74. The maximum absolute atomic E-state index is 11.3. The Hall–Kier alpha value is -1.35. The molecule has 1 aliphatic rings. The monoisotopic (exact) mass is 246 g/mol. The van der Waals surface area contributed by atoms with Gasteiger partial charge >= 0.3 is 0 Å². The molecule has 1 unspecified atom stereocenters. The van der Waals surface area contributed by atoms with Crippen LogP contribution in [0.4, 0.5) is 5.69 Å². The molecule has 0 radical (unpaired) electrons. The summed E-state index contributed by atoms with van der Waals surface area (Å²) in [6, 6.07) is 6.83. The van der Waals surface area contributed by atoms with E-state index in [0.29, 0.717) is 12.5 Å². The first-order valence-corrected chi connectivity index (χ1v) is 6.90. The van der Waals surface area contributed by atoms with Crippen molar-refractivity contribution in [2.24, 2.45) is 0 Å². The zero-order valence-electron chi connectivity index (χ0n) is 11.3. The highest BCUT2D eigenvalue weighted by atomic mass is 16.1. The molecule has 2 N–H and O–H groups in total. The largest absolute Gasteiger partial charge is 0.326 e. The second-order valence-electron chi connectivity index (χ2n) is 4.88. The predicted octanol–water partition coefficient (Wildman–Crippen LogP) is 3.02. The molecule has 0 fully saturated rings. The van der Waals surface area contributed by atoms with E-state index in [0.717, 1.165) is 31.5 Å². The van der Waals surface area contributed by atoms with Crippen LogP contribution in [0.5, 0.6) is 0 Å². The van der Waals surface area contributed by atoms with Crippen molar-refractivity contribution in [3.63, 3.8) is 0 Å². The van der Waals surface area contributed by atoms with Gasteiger partial charge in [0.05, 0.1) is 0 Å². The number of carbonyl (C=O) groups excluding carboxylic acids is 1. The van der Waals surface area contributed by atoms with E-state index in [1.165, 1.54) is 11.1 Å². The smallest absolute Gasteiger partial charge is 0.224 e. The summed E-state index contributed by atoms with van der Waals surface area (Å²) < 4.78 is 0. The number of fused-ring (bicyclic) bond motifs is 1. The van der Waals surface area contributed by atoms with E-state index >= 15 is 0 Å². The zero-order chi connectivity index (χ0) is 13.0. The van der Waals surface area contributed by atoms with E-state index in [1.54, 1.807) is 0 Å². The van der Waals surface area contributed by atoms with Crippen LogP contribution in [0.1, 0.15) is 50.3 Å². The molecule has 98 valence electrons. The average molecular weight is 246 g/mol. The lowest BCUT2D eigenvalue weighted by Gasteiger charge is -2.21. The van der Waals surface area contributed by atoms with Crippen LogP contribution in [0.15, 0.2) is 18.2 Å². The third-order valence-corrected chi connectivity index (χ3v) is 3.48. The van der Waals surface area contributed by atoms with Gasteiger partial charge in [-0.25, -0.2) is 0 Å². The van der Waals surface area contributed by atoms with Gasteiger partial charge in [-0.05, 0) is 43.0 Å². The Morgan fingerprint density at radius 1 is 1.33 bits per heavy atom. The number of anilines is 1. The molecule has 2 rings (SSSR count). The van der Waals surface area contributed by atoms with E-state index < -0.39 is 0 Å². The highest BCUT2D eigenvalue weighted by Crippen LogP contribution is 2.27.